The summed E-state index contributed by atoms with van der Waals surface area (Å²) in [6, 6.07) is 5.83. The fourth-order valence-electron chi connectivity index (χ4n) is 1.76. The molecular formula is C13H15Cl2N3. The summed E-state index contributed by atoms with van der Waals surface area (Å²) < 4.78 is 1.79. The van der Waals surface area contributed by atoms with Crippen LogP contribution in [0.3, 0.4) is 0 Å². The van der Waals surface area contributed by atoms with E-state index in [4.69, 9.17) is 23.2 Å². The van der Waals surface area contributed by atoms with Crippen LogP contribution in [0.25, 0.3) is 5.69 Å². The molecular weight excluding hydrogens is 269 g/mol. The van der Waals surface area contributed by atoms with Gasteiger partial charge < -0.3 is 0 Å². The van der Waals surface area contributed by atoms with Gasteiger partial charge in [0.25, 0.3) is 0 Å². The minimum absolute atomic E-state index is 0.158. The van der Waals surface area contributed by atoms with E-state index < -0.39 is 0 Å². The summed E-state index contributed by atoms with van der Waals surface area (Å²) >= 11 is 12.4. The van der Waals surface area contributed by atoms with Crippen molar-refractivity contribution in [2.75, 3.05) is 0 Å². The lowest BCUT2D eigenvalue weighted by molar-refractivity contribution is 0.533. The third-order valence-electron chi connectivity index (χ3n) is 2.64. The van der Waals surface area contributed by atoms with E-state index in [9.17, 15) is 0 Å². The Labute approximate surface area is 117 Å². The predicted molar refractivity (Wildman–Crippen MR) is 74.8 cm³/mol. The predicted octanol–water partition coefficient (Wildman–Crippen LogP) is 4.18. The summed E-state index contributed by atoms with van der Waals surface area (Å²) in [5.74, 6) is 0.790. The maximum atomic E-state index is 6.28. The van der Waals surface area contributed by atoms with Crippen molar-refractivity contribution in [1.82, 2.24) is 14.8 Å². The lowest BCUT2D eigenvalue weighted by atomic mass is 9.95. The molecule has 2 aromatic rings. The summed E-state index contributed by atoms with van der Waals surface area (Å²) in [7, 11) is 0. The van der Waals surface area contributed by atoms with E-state index in [0.717, 1.165) is 17.1 Å². The zero-order valence-electron chi connectivity index (χ0n) is 10.8. The summed E-state index contributed by atoms with van der Waals surface area (Å²) in [5.41, 5.74) is 1.75. The topological polar surface area (TPSA) is 30.7 Å². The summed E-state index contributed by atoms with van der Waals surface area (Å²) in [6.07, 6.45) is 0. The molecule has 0 radical (unpaired) electrons. The van der Waals surface area contributed by atoms with E-state index in [1.807, 2.05) is 25.1 Å². The molecule has 0 N–H and O–H groups in total. The molecule has 0 aliphatic heterocycles. The van der Waals surface area contributed by atoms with Gasteiger partial charge in [0.2, 0.25) is 5.28 Å². The van der Waals surface area contributed by atoms with Crippen LogP contribution in [0.5, 0.6) is 0 Å². The van der Waals surface area contributed by atoms with Crippen molar-refractivity contribution in [3.63, 3.8) is 0 Å². The Kier molecular flexibility index (Phi) is 3.39. The molecule has 3 nitrogen and oxygen atoms in total. The number of aromatic nitrogens is 3. The maximum Gasteiger partial charge on any atom is 0.229 e. The highest BCUT2D eigenvalue weighted by Crippen LogP contribution is 2.30. The Morgan fingerprint density at radius 1 is 1.11 bits per heavy atom. The van der Waals surface area contributed by atoms with Gasteiger partial charge >= 0.3 is 0 Å². The Morgan fingerprint density at radius 3 is 2.33 bits per heavy atom. The molecule has 1 aromatic heterocycles. The Balaban J connectivity index is 2.67. The van der Waals surface area contributed by atoms with Crippen LogP contribution in [0, 0.1) is 6.92 Å². The van der Waals surface area contributed by atoms with Gasteiger partial charge in [-0.2, -0.15) is 0 Å². The van der Waals surface area contributed by atoms with Gasteiger partial charge in [0.1, 0.15) is 5.82 Å². The van der Waals surface area contributed by atoms with Crippen LogP contribution in [0.1, 0.15) is 32.2 Å². The number of rotatable bonds is 1. The van der Waals surface area contributed by atoms with Crippen molar-refractivity contribution in [2.45, 2.75) is 33.1 Å². The second kappa shape index (κ2) is 4.56. The van der Waals surface area contributed by atoms with Gasteiger partial charge in [-0.1, -0.05) is 38.4 Å². The third-order valence-corrected chi connectivity index (χ3v) is 3.19. The Hall–Kier alpha value is -1.06. The van der Waals surface area contributed by atoms with Gasteiger partial charge in [-0.05, 0) is 36.2 Å². The quantitative estimate of drug-likeness (QED) is 0.786. The van der Waals surface area contributed by atoms with Gasteiger partial charge in [0.05, 0.1) is 10.7 Å². The van der Waals surface area contributed by atoms with Gasteiger partial charge in [-0.3, -0.25) is 4.57 Å². The lowest BCUT2D eigenvalue weighted by Gasteiger charge is -2.19. The largest absolute Gasteiger partial charge is 0.268 e. The maximum absolute atomic E-state index is 6.28. The molecule has 0 saturated heterocycles. The highest BCUT2D eigenvalue weighted by molar-refractivity contribution is 6.33. The van der Waals surface area contributed by atoms with Gasteiger partial charge in [-0.15, -0.1) is 10.2 Å². The second-order valence-corrected chi connectivity index (χ2v) is 6.08. The summed E-state index contributed by atoms with van der Waals surface area (Å²) in [4.78, 5) is 0. The SMILES string of the molecule is Cc1ccc(-n2c(Cl)nnc2C(C)(C)C)c(Cl)c1. The zero-order valence-corrected chi connectivity index (χ0v) is 12.3. The van der Waals surface area contributed by atoms with E-state index >= 15 is 0 Å². The van der Waals surface area contributed by atoms with Crippen molar-refractivity contribution in [2.24, 2.45) is 0 Å². The normalized spacial score (nSPS) is 11.9. The Morgan fingerprint density at radius 2 is 1.78 bits per heavy atom. The molecule has 0 atom stereocenters. The number of aryl methyl sites for hydroxylation is 1. The molecule has 0 amide bonds. The average molecular weight is 284 g/mol. The number of halogens is 2. The van der Waals surface area contributed by atoms with E-state index in [0.29, 0.717) is 10.3 Å². The first kappa shape index (κ1) is 13.4. The highest BCUT2D eigenvalue weighted by Gasteiger charge is 2.25. The highest BCUT2D eigenvalue weighted by atomic mass is 35.5. The first-order valence-electron chi connectivity index (χ1n) is 5.68. The van der Waals surface area contributed by atoms with Crippen molar-refractivity contribution < 1.29 is 0 Å². The average Bonchev–Trinajstić information content (AvgIpc) is 2.60. The molecule has 0 aliphatic rings. The number of nitrogens with zero attached hydrogens (tertiary/aromatic N) is 3. The second-order valence-electron chi connectivity index (χ2n) is 5.33. The molecule has 18 heavy (non-hydrogen) atoms. The van der Waals surface area contributed by atoms with E-state index in [2.05, 4.69) is 31.0 Å². The molecule has 0 saturated carbocycles. The van der Waals surface area contributed by atoms with Crippen molar-refractivity contribution in [3.05, 3.63) is 39.9 Å². The number of benzene rings is 1. The monoisotopic (exact) mass is 283 g/mol. The van der Waals surface area contributed by atoms with Gasteiger partial charge in [-0.25, -0.2) is 0 Å². The van der Waals surface area contributed by atoms with Gasteiger partial charge in [0.15, 0.2) is 0 Å². The minimum Gasteiger partial charge on any atom is -0.268 e. The fraction of sp³-hybridized carbons (Fsp3) is 0.385. The molecule has 1 aromatic carbocycles. The molecule has 0 fully saturated rings. The first-order valence-corrected chi connectivity index (χ1v) is 6.44. The van der Waals surface area contributed by atoms with Crippen LogP contribution in [-0.4, -0.2) is 14.8 Å². The minimum atomic E-state index is -0.158. The molecule has 5 heteroatoms. The van der Waals surface area contributed by atoms with E-state index in [1.165, 1.54) is 0 Å². The fourth-order valence-corrected chi connectivity index (χ4v) is 2.29. The summed E-state index contributed by atoms with van der Waals surface area (Å²) in [5, 5.41) is 9.06. The van der Waals surface area contributed by atoms with E-state index in [-0.39, 0.29) is 5.41 Å². The summed E-state index contributed by atoms with van der Waals surface area (Å²) in [6.45, 7) is 8.18. The number of hydrogen-bond acceptors (Lipinski definition) is 2. The molecule has 2 rings (SSSR count). The Bertz CT molecular complexity index is 582. The van der Waals surface area contributed by atoms with Gasteiger partial charge in [0, 0.05) is 5.41 Å². The van der Waals surface area contributed by atoms with Crippen LogP contribution >= 0.6 is 23.2 Å². The third kappa shape index (κ3) is 2.38. The zero-order chi connectivity index (χ0) is 13.5. The van der Waals surface area contributed by atoms with Crippen LogP contribution in [0.2, 0.25) is 10.3 Å². The molecule has 96 valence electrons. The van der Waals surface area contributed by atoms with Crippen molar-refractivity contribution in [1.29, 1.82) is 0 Å². The smallest absolute Gasteiger partial charge is 0.229 e. The standard InChI is InChI=1S/C13H15Cl2N3/c1-8-5-6-10(9(14)7-8)18-11(13(2,3)4)16-17-12(18)15/h5-7H,1-4H3. The lowest BCUT2D eigenvalue weighted by Crippen LogP contribution is -2.18. The molecule has 1 heterocycles. The molecule has 0 aliphatic carbocycles. The van der Waals surface area contributed by atoms with E-state index in [1.54, 1.807) is 4.57 Å². The van der Waals surface area contributed by atoms with Crippen LogP contribution < -0.4 is 0 Å². The van der Waals surface area contributed by atoms with Crippen molar-refractivity contribution in [3.8, 4) is 5.69 Å². The molecule has 0 bridgehead atoms. The molecule has 0 spiro atoms. The van der Waals surface area contributed by atoms with Crippen molar-refractivity contribution >= 4 is 23.2 Å². The van der Waals surface area contributed by atoms with Crippen LogP contribution in [-0.2, 0) is 5.41 Å². The first-order chi connectivity index (χ1) is 8.30. The number of hydrogen-bond donors (Lipinski definition) is 0. The van der Waals surface area contributed by atoms with Crippen LogP contribution in [0.15, 0.2) is 18.2 Å². The molecule has 0 unspecified atom stereocenters. The van der Waals surface area contributed by atoms with Crippen LogP contribution in [0.4, 0.5) is 0 Å².